The molecule has 1 aromatic carbocycles. The highest BCUT2D eigenvalue weighted by Gasteiger charge is 2.33. The average Bonchev–Trinajstić information content (AvgIpc) is 3.52. The molecule has 7 nitrogen and oxygen atoms in total. The molecule has 1 aliphatic heterocycles. The number of nitrogens with zero attached hydrogens (tertiary/aromatic N) is 2. The van der Waals surface area contributed by atoms with Gasteiger partial charge in [-0.3, -0.25) is 9.69 Å². The number of amides is 2. The van der Waals surface area contributed by atoms with Crippen molar-refractivity contribution in [2.75, 3.05) is 25.1 Å². The van der Waals surface area contributed by atoms with Crippen molar-refractivity contribution in [1.29, 1.82) is 0 Å². The van der Waals surface area contributed by atoms with Crippen molar-refractivity contribution in [3.8, 4) is 0 Å². The van der Waals surface area contributed by atoms with Gasteiger partial charge in [-0.2, -0.15) is 0 Å². The van der Waals surface area contributed by atoms with Gasteiger partial charge in [-0.25, -0.2) is 4.79 Å². The van der Waals surface area contributed by atoms with Gasteiger partial charge < -0.3 is 14.9 Å². The number of ether oxygens (including phenoxy) is 1. The van der Waals surface area contributed by atoms with Crippen LogP contribution in [0.1, 0.15) is 40.9 Å². The van der Waals surface area contributed by atoms with Crippen LogP contribution in [0.3, 0.4) is 0 Å². The van der Waals surface area contributed by atoms with Gasteiger partial charge in [-0.1, -0.05) is 41.7 Å². The zero-order chi connectivity index (χ0) is 21.8. The highest BCUT2D eigenvalue weighted by molar-refractivity contribution is 7.18. The van der Waals surface area contributed by atoms with Gasteiger partial charge in [-0.15, -0.1) is 11.3 Å². The normalized spacial score (nSPS) is 19.5. The molecular weight excluding hydrogens is 438 g/mol. The topological polar surface area (TPSA) is 80.2 Å². The van der Waals surface area contributed by atoms with Crippen LogP contribution in [-0.4, -0.2) is 44.0 Å². The predicted octanol–water partition coefficient (Wildman–Crippen LogP) is 4.70. The Morgan fingerprint density at radius 2 is 2.00 bits per heavy atom. The third-order valence-electron chi connectivity index (χ3n) is 5.57. The van der Waals surface area contributed by atoms with E-state index in [9.17, 15) is 9.59 Å². The zero-order valence-electron chi connectivity index (χ0n) is 17.2. The van der Waals surface area contributed by atoms with E-state index in [1.807, 2.05) is 24.3 Å². The lowest BCUT2D eigenvalue weighted by Gasteiger charge is -2.16. The van der Waals surface area contributed by atoms with Gasteiger partial charge in [0.15, 0.2) is 0 Å². The maximum atomic E-state index is 12.4. The molecule has 164 valence electrons. The molecule has 2 fully saturated rings. The number of carbonyl (C=O) groups is 2. The van der Waals surface area contributed by atoms with Crippen molar-refractivity contribution in [1.82, 2.24) is 5.32 Å². The summed E-state index contributed by atoms with van der Waals surface area (Å²) in [7, 11) is 1.57. The lowest BCUT2D eigenvalue weighted by molar-refractivity contribution is 0.0920. The second kappa shape index (κ2) is 9.70. The molecular formula is C22H24ClN3O4S. The summed E-state index contributed by atoms with van der Waals surface area (Å²) < 4.78 is 5.98. The maximum absolute atomic E-state index is 12.4. The molecule has 1 saturated carbocycles. The van der Waals surface area contributed by atoms with Crippen molar-refractivity contribution in [2.45, 2.75) is 31.8 Å². The number of cyclic esters (lactones) is 1. The van der Waals surface area contributed by atoms with E-state index in [1.165, 1.54) is 24.2 Å². The van der Waals surface area contributed by atoms with E-state index < -0.39 is 12.2 Å². The van der Waals surface area contributed by atoms with E-state index in [1.54, 1.807) is 24.1 Å². The van der Waals surface area contributed by atoms with Crippen molar-refractivity contribution >= 4 is 46.3 Å². The number of oxime groups is 1. The Hall–Kier alpha value is -2.58. The van der Waals surface area contributed by atoms with Gasteiger partial charge in [0.1, 0.15) is 13.2 Å². The molecule has 1 aliphatic carbocycles. The SMILES string of the molecule is CO/N=C(\c1ccc(N2C[C@H](CNC(=O)c3ccc(Cl)s3)OC2=O)cc1)C1CCCC1. The van der Waals surface area contributed by atoms with E-state index in [0.29, 0.717) is 21.7 Å². The van der Waals surface area contributed by atoms with Crippen LogP contribution in [0.15, 0.2) is 41.6 Å². The van der Waals surface area contributed by atoms with E-state index >= 15 is 0 Å². The molecule has 0 spiro atoms. The molecule has 2 aromatic rings. The molecule has 2 amide bonds. The summed E-state index contributed by atoms with van der Waals surface area (Å²) in [6.07, 6.45) is 3.81. The number of halogens is 1. The summed E-state index contributed by atoms with van der Waals surface area (Å²) in [5, 5.41) is 7.06. The quantitative estimate of drug-likeness (QED) is 0.478. The molecule has 0 unspecified atom stereocenters. The Balaban J connectivity index is 1.37. The summed E-state index contributed by atoms with van der Waals surface area (Å²) in [5.41, 5.74) is 2.71. The Kier molecular flexibility index (Phi) is 6.77. The molecule has 1 N–H and O–H groups in total. The highest BCUT2D eigenvalue weighted by atomic mass is 35.5. The standard InChI is InChI=1S/C22H24ClN3O4S/c1-29-25-20(14-4-2-3-5-14)15-6-8-16(9-7-15)26-13-17(30-22(26)28)12-24-21(27)18-10-11-19(23)31-18/h6-11,14,17H,2-5,12-13H2,1H3,(H,24,27)/b25-20-/t17-/m0/s1. The van der Waals surface area contributed by atoms with Gasteiger partial charge in [0, 0.05) is 11.6 Å². The van der Waals surface area contributed by atoms with Crippen LogP contribution >= 0.6 is 22.9 Å². The molecule has 2 heterocycles. The highest BCUT2D eigenvalue weighted by Crippen LogP contribution is 2.30. The van der Waals surface area contributed by atoms with Crippen LogP contribution in [-0.2, 0) is 9.57 Å². The van der Waals surface area contributed by atoms with Crippen molar-refractivity contribution in [3.05, 3.63) is 51.2 Å². The van der Waals surface area contributed by atoms with Gasteiger partial charge in [0.05, 0.1) is 28.0 Å². The molecule has 9 heteroatoms. The molecule has 4 rings (SSSR count). The number of thiophene rings is 1. The molecule has 2 aliphatic rings. The molecule has 1 aromatic heterocycles. The first-order valence-electron chi connectivity index (χ1n) is 10.3. The first-order chi connectivity index (χ1) is 15.0. The number of rotatable bonds is 7. The Morgan fingerprint density at radius 1 is 1.26 bits per heavy atom. The minimum atomic E-state index is -0.423. The van der Waals surface area contributed by atoms with E-state index in [0.717, 1.165) is 29.8 Å². The summed E-state index contributed by atoms with van der Waals surface area (Å²) in [6.45, 7) is 0.603. The van der Waals surface area contributed by atoms with Crippen LogP contribution in [0.5, 0.6) is 0 Å². The second-order valence-corrected chi connectivity index (χ2v) is 9.33. The fourth-order valence-electron chi connectivity index (χ4n) is 4.04. The fraction of sp³-hybridized carbons (Fsp3) is 0.409. The minimum Gasteiger partial charge on any atom is -0.442 e. The number of benzene rings is 1. The van der Waals surface area contributed by atoms with Gasteiger partial charge >= 0.3 is 6.09 Å². The third kappa shape index (κ3) is 5.02. The van der Waals surface area contributed by atoms with Crippen molar-refractivity contribution in [2.24, 2.45) is 11.1 Å². The van der Waals surface area contributed by atoms with Gasteiger partial charge in [0.25, 0.3) is 5.91 Å². The second-order valence-electron chi connectivity index (χ2n) is 7.62. The average molecular weight is 462 g/mol. The molecule has 0 bridgehead atoms. The lowest BCUT2D eigenvalue weighted by atomic mass is 9.95. The first kappa shape index (κ1) is 21.6. The van der Waals surface area contributed by atoms with Crippen LogP contribution in [0.25, 0.3) is 0 Å². The summed E-state index contributed by atoms with van der Waals surface area (Å²) in [4.78, 5) is 31.7. The molecule has 1 saturated heterocycles. The van der Waals surface area contributed by atoms with E-state index in [2.05, 4.69) is 10.5 Å². The maximum Gasteiger partial charge on any atom is 0.414 e. The first-order valence-corrected chi connectivity index (χ1v) is 11.5. The smallest absolute Gasteiger partial charge is 0.414 e. The Morgan fingerprint density at radius 3 is 2.65 bits per heavy atom. The predicted molar refractivity (Wildman–Crippen MR) is 121 cm³/mol. The van der Waals surface area contributed by atoms with Crippen LogP contribution in [0, 0.1) is 5.92 Å². The molecule has 1 atom stereocenters. The number of nitrogens with one attached hydrogen (secondary N) is 1. The van der Waals surface area contributed by atoms with E-state index in [4.69, 9.17) is 21.2 Å². The number of hydrogen-bond donors (Lipinski definition) is 1. The fourth-order valence-corrected chi connectivity index (χ4v) is 5.00. The van der Waals surface area contributed by atoms with Crippen LogP contribution in [0.4, 0.5) is 10.5 Å². The summed E-state index contributed by atoms with van der Waals surface area (Å²) >= 11 is 7.08. The number of hydrogen-bond acceptors (Lipinski definition) is 6. The monoisotopic (exact) mass is 461 g/mol. The number of carbonyl (C=O) groups excluding carboxylic acids is 2. The van der Waals surface area contributed by atoms with Crippen molar-refractivity contribution < 1.29 is 19.2 Å². The van der Waals surface area contributed by atoms with Crippen LogP contribution < -0.4 is 10.2 Å². The van der Waals surface area contributed by atoms with Crippen LogP contribution in [0.2, 0.25) is 4.34 Å². The number of anilines is 1. The largest absolute Gasteiger partial charge is 0.442 e. The van der Waals surface area contributed by atoms with Gasteiger partial charge in [-0.05, 0) is 42.7 Å². The Labute approximate surface area is 190 Å². The summed E-state index contributed by atoms with van der Waals surface area (Å²) in [5.74, 6) is 0.182. The minimum absolute atomic E-state index is 0.229. The third-order valence-corrected chi connectivity index (χ3v) is 6.80. The van der Waals surface area contributed by atoms with E-state index in [-0.39, 0.29) is 12.5 Å². The Bertz CT molecular complexity index is 969. The van der Waals surface area contributed by atoms with Crippen molar-refractivity contribution in [3.63, 3.8) is 0 Å². The zero-order valence-corrected chi connectivity index (χ0v) is 18.7. The summed E-state index contributed by atoms with van der Waals surface area (Å²) in [6, 6.07) is 11.1. The molecule has 31 heavy (non-hydrogen) atoms. The molecule has 0 radical (unpaired) electrons. The lowest BCUT2D eigenvalue weighted by Crippen LogP contribution is -2.34. The van der Waals surface area contributed by atoms with Gasteiger partial charge in [0.2, 0.25) is 0 Å².